The monoisotopic (exact) mass is 409 g/mol. The second kappa shape index (κ2) is 7.67. The average molecular weight is 409 g/mol. The number of pyridine rings is 1. The lowest BCUT2D eigenvalue weighted by Crippen LogP contribution is -2.19. The van der Waals surface area contributed by atoms with Gasteiger partial charge in [0, 0.05) is 6.20 Å². The van der Waals surface area contributed by atoms with Gasteiger partial charge in [-0.2, -0.15) is 0 Å². The molecule has 0 saturated heterocycles. The summed E-state index contributed by atoms with van der Waals surface area (Å²) in [5.41, 5.74) is 2.18. The lowest BCUT2D eigenvalue weighted by molar-refractivity contribution is 0.0600. The van der Waals surface area contributed by atoms with E-state index in [4.69, 9.17) is 9.47 Å². The van der Waals surface area contributed by atoms with E-state index in [1.54, 1.807) is 24.3 Å². The Bertz CT molecular complexity index is 1160. The largest absolute Gasteiger partial charge is 0.489 e. The molecule has 1 aromatic heterocycles. The summed E-state index contributed by atoms with van der Waals surface area (Å²) in [6.07, 6.45) is 1.54. The molecule has 0 N–H and O–H groups in total. The average Bonchev–Trinajstić information content (AvgIpc) is 2.76. The van der Waals surface area contributed by atoms with E-state index in [-0.39, 0.29) is 23.5 Å². The first kappa shape index (κ1) is 19.1. The van der Waals surface area contributed by atoms with Gasteiger partial charge >= 0.3 is 5.97 Å². The third kappa shape index (κ3) is 3.73. The van der Waals surface area contributed by atoms with Crippen molar-refractivity contribution in [2.45, 2.75) is 23.2 Å². The quantitative estimate of drug-likeness (QED) is 0.603. The molecule has 148 valence electrons. The number of methoxy groups -OCH3 is 1. The summed E-state index contributed by atoms with van der Waals surface area (Å²) in [5.74, 6) is 0.121. The van der Waals surface area contributed by atoms with Gasteiger partial charge < -0.3 is 9.47 Å². The van der Waals surface area contributed by atoms with Crippen LogP contribution in [0.25, 0.3) is 0 Å². The summed E-state index contributed by atoms with van der Waals surface area (Å²) in [4.78, 5) is 16.2. The van der Waals surface area contributed by atoms with Crippen LogP contribution in [-0.2, 0) is 27.6 Å². The van der Waals surface area contributed by atoms with Gasteiger partial charge in [0.1, 0.15) is 17.6 Å². The number of ether oxygens (including phenoxy) is 2. The molecule has 2 aromatic carbocycles. The molecule has 3 aromatic rings. The van der Waals surface area contributed by atoms with Crippen LogP contribution in [0, 0.1) is 0 Å². The van der Waals surface area contributed by atoms with Crippen LogP contribution in [-0.4, -0.2) is 26.5 Å². The maximum absolute atomic E-state index is 13.5. The van der Waals surface area contributed by atoms with Crippen molar-refractivity contribution in [3.05, 3.63) is 89.2 Å². The van der Waals surface area contributed by atoms with E-state index < -0.39 is 21.1 Å². The summed E-state index contributed by atoms with van der Waals surface area (Å²) in [6.45, 7) is 0.289. The van der Waals surface area contributed by atoms with Gasteiger partial charge in [-0.3, -0.25) is 4.98 Å². The molecule has 4 rings (SSSR count). The number of sulfone groups is 1. The van der Waals surface area contributed by atoms with Crippen molar-refractivity contribution in [2.24, 2.45) is 0 Å². The lowest BCUT2D eigenvalue weighted by atomic mass is 10.1. The molecule has 2 heterocycles. The van der Waals surface area contributed by atoms with Crippen molar-refractivity contribution in [3.8, 4) is 5.75 Å². The van der Waals surface area contributed by atoms with Crippen LogP contribution in [0.15, 0.2) is 71.8 Å². The number of esters is 1. The van der Waals surface area contributed by atoms with E-state index in [1.807, 2.05) is 30.3 Å². The smallest absolute Gasteiger partial charge is 0.339 e. The minimum atomic E-state index is -3.73. The fourth-order valence-corrected chi connectivity index (χ4v) is 5.13. The molecule has 0 radical (unpaired) electrons. The molecule has 0 amide bonds. The number of hydrogen-bond donors (Lipinski definition) is 0. The highest BCUT2D eigenvalue weighted by molar-refractivity contribution is 7.91. The molecule has 0 saturated carbocycles. The molecular weight excluding hydrogens is 390 g/mol. The van der Waals surface area contributed by atoms with E-state index in [0.717, 1.165) is 11.1 Å². The predicted molar refractivity (Wildman–Crippen MR) is 106 cm³/mol. The van der Waals surface area contributed by atoms with Crippen molar-refractivity contribution >= 4 is 15.8 Å². The number of hydrogen-bond acceptors (Lipinski definition) is 6. The summed E-state index contributed by atoms with van der Waals surface area (Å²) in [6, 6.07) is 17.3. The number of carbonyl (C=O) groups excluding carboxylic acids is 1. The lowest BCUT2D eigenvalue weighted by Gasteiger charge is -2.21. The van der Waals surface area contributed by atoms with E-state index in [9.17, 15) is 13.2 Å². The van der Waals surface area contributed by atoms with Gasteiger partial charge in [-0.1, -0.05) is 30.3 Å². The van der Waals surface area contributed by atoms with E-state index >= 15 is 0 Å². The SMILES string of the molecule is COC(=O)c1ccc(C2Cc3ccccc3OCc3cccc(c3)S2(=O)=O)nc1. The van der Waals surface area contributed by atoms with Crippen LogP contribution in [0.4, 0.5) is 0 Å². The van der Waals surface area contributed by atoms with Crippen LogP contribution in [0.1, 0.15) is 32.4 Å². The summed E-state index contributed by atoms with van der Waals surface area (Å²) in [7, 11) is -2.45. The Kier molecular flexibility index (Phi) is 5.07. The molecule has 29 heavy (non-hydrogen) atoms. The maximum atomic E-state index is 13.5. The first-order valence-corrected chi connectivity index (χ1v) is 10.6. The highest BCUT2D eigenvalue weighted by Gasteiger charge is 2.32. The van der Waals surface area contributed by atoms with Crippen LogP contribution < -0.4 is 4.74 Å². The Balaban J connectivity index is 1.86. The van der Waals surface area contributed by atoms with Gasteiger partial charge in [0.2, 0.25) is 0 Å². The van der Waals surface area contributed by atoms with Crippen molar-refractivity contribution in [1.29, 1.82) is 0 Å². The summed E-state index contributed by atoms with van der Waals surface area (Å²) in [5, 5.41) is -0.924. The van der Waals surface area contributed by atoms with Crippen molar-refractivity contribution in [2.75, 3.05) is 7.11 Å². The van der Waals surface area contributed by atoms with Gasteiger partial charge in [-0.15, -0.1) is 0 Å². The van der Waals surface area contributed by atoms with Crippen molar-refractivity contribution in [1.82, 2.24) is 4.98 Å². The molecule has 0 spiro atoms. The Hall–Kier alpha value is -3.19. The van der Waals surface area contributed by atoms with Gasteiger partial charge in [-0.25, -0.2) is 13.2 Å². The van der Waals surface area contributed by atoms with Gasteiger partial charge in [0.25, 0.3) is 0 Å². The van der Waals surface area contributed by atoms with Crippen molar-refractivity contribution < 1.29 is 22.7 Å². The van der Waals surface area contributed by atoms with Gasteiger partial charge in [0.05, 0.1) is 23.3 Å². The normalized spacial score (nSPS) is 17.5. The molecule has 7 heteroatoms. The number of rotatable bonds is 2. The second-order valence-corrected chi connectivity index (χ2v) is 8.88. The fourth-order valence-electron chi connectivity index (χ4n) is 3.36. The van der Waals surface area contributed by atoms with Crippen LogP contribution >= 0.6 is 0 Å². The highest BCUT2D eigenvalue weighted by atomic mass is 32.2. The van der Waals surface area contributed by atoms with Gasteiger partial charge in [0.15, 0.2) is 9.84 Å². The molecular formula is C22H19NO5S. The maximum Gasteiger partial charge on any atom is 0.339 e. The van der Waals surface area contributed by atoms with E-state index in [2.05, 4.69) is 4.98 Å². The number of carbonyl (C=O) groups is 1. The standard InChI is InChI=1S/C22H19NO5S/c1-27-22(24)17-9-10-19(23-13-17)21-12-16-6-2-3-8-20(16)28-14-15-5-4-7-18(11-15)29(21,25)26/h2-11,13,21H,12,14H2,1H3. The van der Waals surface area contributed by atoms with Crippen molar-refractivity contribution in [3.63, 3.8) is 0 Å². The second-order valence-electron chi connectivity index (χ2n) is 6.74. The van der Waals surface area contributed by atoms with Gasteiger partial charge in [-0.05, 0) is 47.9 Å². The van der Waals surface area contributed by atoms with Crippen LogP contribution in [0.5, 0.6) is 5.75 Å². The molecule has 0 aliphatic carbocycles. The topological polar surface area (TPSA) is 82.6 Å². The number of fused-ring (bicyclic) bond motifs is 3. The molecule has 2 bridgehead atoms. The number of para-hydroxylation sites is 1. The number of aromatic nitrogens is 1. The fraction of sp³-hybridized carbons (Fsp3) is 0.182. The zero-order chi connectivity index (χ0) is 20.4. The molecule has 1 atom stereocenters. The minimum absolute atomic E-state index is 0.202. The van der Waals surface area contributed by atoms with E-state index in [1.165, 1.54) is 19.4 Å². The Morgan fingerprint density at radius 2 is 1.93 bits per heavy atom. The molecule has 1 aliphatic rings. The number of benzene rings is 2. The van der Waals surface area contributed by atoms with Crippen LogP contribution in [0.3, 0.4) is 0 Å². The molecule has 1 unspecified atom stereocenters. The summed E-state index contributed by atoms with van der Waals surface area (Å²) < 4.78 is 37.7. The molecule has 1 aliphatic heterocycles. The zero-order valence-corrected chi connectivity index (χ0v) is 16.6. The summed E-state index contributed by atoms with van der Waals surface area (Å²) >= 11 is 0. The highest BCUT2D eigenvalue weighted by Crippen LogP contribution is 2.35. The Morgan fingerprint density at radius 3 is 2.69 bits per heavy atom. The first-order chi connectivity index (χ1) is 14.0. The predicted octanol–water partition coefficient (Wildman–Crippen LogP) is 3.52. The minimum Gasteiger partial charge on any atom is -0.489 e. The third-order valence-electron chi connectivity index (χ3n) is 4.91. The molecule has 0 fully saturated rings. The third-order valence-corrected chi connectivity index (χ3v) is 6.98. The van der Waals surface area contributed by atoms with E-state index in [0.29, 0.717) is 11.4 Å². The first-order valence-electron chi connectivity index (χ1n) is 9.07. The Labute approximate surface area is 169 Å². The molecule has 6 nitrogen and oxygen atoms in total. The van der Waals surface area contributed by atoms with Crippen LogP contribution in [0.2, 0.25) is 0 Å². The number of nitrogens with zero attached hydrogens (tertiary/aromatic N) is 1. The Morgan fingerprint density at radius 1 is 1.10 bits per heavy atom. The zero-order valence-electron chi connectivity index (χ0n) is 15.7.